The first-order chi connectivity index (χ1) is 14.3. The molecule has 0 saturated carbocycles. The highest BCUT2D eigenvalue weighted by Crippen LogP contribution is 2.41. The fourth-order valence-corrected chi connectivity index (χ4v) is 3.94. The second kappa shape index (κ2) is 8.51. The van der Waals surface area contributed by atoms with Crippen LogP contribution in [0, 0.1) is 5.82 Å². The highest BCUT2D eigenvalue weighted by atomic mass is 35.5. The maximum Gasteiger partial charge on any atom is 0.412 e. The third-order valence-corrected chi connectivity index (χ3v) is 5.70. The van der Waals surface area contributed by atoms with E-state index in [-0.39, 0.29) is 21.9 Å². The molecule has 3 aromatic rings. The van der Waals surface area contributed by atoms with Crippen LogP contribution in [0.3, 0.4) is 0 Å². The largest absolute Gasteiger partial charge is 0.444 e. The van der Waals surface area contributed by atoms with Crippen LogP contribution >= 0.6 is 22.9 Å². The van der Waals surface area contributed by atoms with Gasteiger partial charge < -0.3 is 4.74 Å². The average Bonchev–Trinajstić information content (AvgIpc) is 3.07. The number of carbonyl (C=O) groups is 1. The van der Waals surface area contributed by atoms with E-state index in [1.165, 1.54) is 17.4 Å². The number of rotatable bonds is 3. The number of thiazole rings is 1. The lowest BCUT2D eigenvalue weighted by Crippen LogP contribution is -2.27. The zero-order valence-corrected chi connectivity index (χ0v) is 19.8. The molecule has 6 nitrogen and oxygen atoms in total. The fourth-order valence-electron chi connectivity index (χ4n) is 2.68. The van der Waals surface area contributed by atoms with Crippen LogP contribution in [0.25, 0.3) is 21.8 Å². The van der Waals surface area contributed by atoms with Crippen LogP contribution in [0.5, 0.6) is 0 Å². The van der Waals surface area contributed by atoms with E-state index in [2.05, 4.69) is 15.3 Å². The molecular weight excluding hydrogens is 439 g/mol. The lowest BCUT2D eigenvalue weighted by Gasteiger charge is -2.20. The van der Waals surface area contributed by atoms with Gasteiger partial charge in [0.1, 0.15) is 5.60 Å². The van der Waals surface area contributed by atoms with Crippen molar-refractivity contribution in [2.45, 2.75) is 52.6 Å². The van der Waals surface area contributed by atoms with Gasteiger partial charge in [-0.15, -0.1) is 11.3 Å². The summed E-state index contributed by atoms with van der Waals surface area (Å²) in [6.07, 6.45) is 0.807. The van der Waals surface area contributed by atoms with Gasteiger partial charge in [0.05, 0.1) is 27.0 Å². The Morgan fingerprint density at radius 1 is 1.13 bits per heavy atom. The predicted molar refractivity (Wildman–Crippen MR) is 122 cm³/mol. The van der Waals surface area contributed by atoms with Crippen molar-refractivity contribution >= 4 is 34.7 Å². The Morgan fingerprint density at radius 2 is 1.84 bits per heavy atom. The van der Waals surface area contributed by atoms with E-state index in [0.717, 1.165) is 5.01 Å². The van der Waals surface area contributed by atoms with Crippen molar-refractivity contribution in [2.75, 3.05) is 5.32 Å². The molecular formula is C22H24ClFN4O2S. The number of aromatic nitrogens is 3. The topological polar surface area (TPSA) is 77.0 Å². The Hall–Kier alpha value is -2.58. The third kappa shape index (κ3) is 5.57. The molecule has 0 aliphatic rings. The summed E-state index contributed by atoms with van der Waals surface area (Å²) in [5.74, 6) is -0.611. The Labute approximate surface area is 189 Å². The first kappa shape index (κ1) is 23.1. The first-order valence-electron chi connectivity index (χ1n) is 9.64. The van der Waals surface area contributed by atoms with Crippen LogP contribution in [0.2, 0.25) is 5.28 Å². The Kier molecular flexibility index (Phi) is 6.34. The minimum Gasteiger partial charge on any atom is -0.444 e. The second-order valence-corrected chi connectivity index (χ2v) is 10.3. The minimum atomic E-state index is -0.736. The monoisotopic (exact) mass is 462 g/mol. The van der Waals surface area contributed by atoms with E-state index in [1.807, 2.05) is 20.8 Å². The fraction of sp³-hybridized carbons (Fsp3) is 0.364. The molecule has 164 valence electrons. The number of hydrogen-bond donors (Lipinski definition) is 1. The number of carbonyl (C=O) groups excluding carboxylic acids is 1. The summed E-state index contributed by atoms with van der Waals surface area (Å²) in [7, 11) is 0. The van der Waals surface area contributed by atoms with E-state index in [4.69, 9.17) is 21.3 Å². The minimum absolute atomic E-state index is 0.00345. The Bertz CT molecular complexity index is 1120. The molecule has 0 spiro atoms. The van der Waals surface area contributed by atoms with E-state index in [0.29, 0.717) is 16.3 Å². The van der Waals surface area contributed by atoms with Crippen LogP contribution in [-0.2, 0) is 10.2 Å². The quantitative estimate of drug-likeness (QED) is 0.438. The highest BCUT2D eigenvalue weighted by molar-refractivity contribution is 7.15. The van der Waals surface area contributed by atoms with Gasteiger partial charge in [-0.1, -0.05) is 26.8 Å². The molecule has 1 N–H and O–H groups in total. The molecule has 2 aromatic heterocycles. The van der Waals surface area contributed by atoms with Gasteiger partial charge in [0, 0.05) is 17.2 Å². The zero-order valence-electron chi connectivity index (χ0n) is 18.2. The van der Waals surface area contributed by atoms with E-state index in [1.54, 1.807) is 45.2 Å². The number of nitrogens with one attached hydrogen (secondary N) is 1. The van der Waals surface area contributed by atoms with Crippen molar-refractivity contribution in [1.82, 2.24) is 15.0 Å². The normalized spacial score (nSPS) is 12.0. The third-order valence-electron chi connectivity index (χ3n) is 4.02. The number of benzene rings is 1. The predicted octanol–water partition coefficient (Wildman–Crippen LogP) is 6.70. The molecule has 3 rings (SSSR count). The molecule has 2 heterocycles. The van der Waals surface area contributed by atoms with Gasteiger partial charge in [0.2, 0.25) is 5.28 Å². The van der Waals surface area contributed by atoms with Crippen LogP contribution < -0.4 is 5.32 Å². The van der Waals surface area contributed by atoms with Crippen LogP contribution in [0.1, 0.15) is 46.6 Å². The molecule has 0 bridgehead atoms. The second-order valence-electron chi connectivity index (χ2n) is 8.95. The van der Waals surface area contributed by atoms with Crippen molar-refractivity contribution in [3.05, 3.63) is 46.6 Å². The van der Waals surface area contributed by atoms with Gasteiger partial charge in [-0.3, -0.25) is 5.32 Å². The van der Waals surface area contributed by atoms with Crippen LogP contribution in [-0.4, -0.2) is 26.6 Å². The molecule has 1 amide bonds. The summed E-state index contributed by atoms with van der Waals surface area (Å²) < 4.78 is 20.7. The summed E-state index contributed by atoms with van der Waals surface area (Å²) in [5.41, 5.74) is 0.266. The number of halogens is 2. The molecule has 0 fully saturated rings. The number of hydrogen-bond acceptors (Lipinski definition) is 6. The van der Waals surface area contributed by atoms with Crippen molar-refractivity contribution in [3.63, 3.8) is 0 Å². The van der Waals surface area contributed by atoms with Gasteiger partial charge >= 0.3 is 6.09 Å². The van der Waals surface area contributed by atoms with Crippen LogP contribution in [0.15, 0.2) is 30.5 Å². The van der Waals surface area contributed by atoms with Crippen molar-refractivity contribution in [1.29, 1.82) is 0 Å². The number of nitrogens with zero attached hydrogens (tertiary/aromatic N) is 3. The number of anilines is 1. The van der Waals surface area contributed by atoms with Gasteiger partial charge in [0.25, 0.3) is 0 Å². The van der Waals surface area contributed by atoms with E-state index < -0.39 is 17.5 Å². The van der Waals surface area contributed by atoms with Crippen molar-refractivity contribution in [3.8, 4) is 21.8 Å². The number of amides is 1. The van der Waals surface area contributed by atoms with Crippen molar-refractivity contribution < 1.29 is 13.9 Å². The summed E-state index contributed by atoms with van der Waals surface area (Å²) in [6, 6.07) is 6.44. The maximum absolute atomic E-state index is 15.5. The molecule has 0 atom stereocenters. The average molecular weight is 463 g/mol. The van der Waals surface area contributed by atoms with E-state index >= 15 is 4.39 Å². The highest BCUT2D eigenvalue weighted by Gasteiger charge is 2.26. The Morgan fingerprint density at radius 3 is 2.45 bits per heavy atom. The van der Waals surface area contributed by atoms with Gasteiger partial charge in [-0.2, -0.15) is 0 Å². The summed E-state index contributed by atoms with van der Waals surface area (Å²) in [4.78, 5) is 25.7. The van der Waals surface area contributed by atoms with Crippen molar-refractivity contribution in [2.24, 2.45) is 0 Å². The number of ether oxygens (including phenoxy) is 1. The van der Waals surface area contributed by atoms with Crippen LogP contribution in [0.4, 0.5) is 14.9 Å². The molecule has 31 heavy (non-hydrogen) atoms. The molecule has 0 aliphatic heterocycles. The van der Waals surface area contributed by atoms with Gasteiger partial charge in [-0.25, -0.2) is 24.1 Å². The zero-order chi connectivity index (χ0) is 23.0. The molecule has 9 heteroatoms. The molecule has 0 radical (unpaired) electrons. The standard InChI is InChI=1S/C22H24ClFN4O2S/c1-21(2,3)18-28-16(17(31-18)14-10-11-25-19(23)26-14)12-8-7-9-13(15(12)24)27-20(29)30-22(4,5)6/h7-11H,1-6H3,(H,27,29). The maximum atomic E-state index is 15.5. The summed E-state index contributed by atoms with van der Waals surface area (Å²) in [5, 5.41) is 3.38. The van der Waals surface area contributed by atoms with Gasteiger partial charge in [-0.05, 0) is 50.6 Å². The van der Waals surface area contributed by atoms with E-state index in [9.17, 15) is 4.79 Å². The van der Waals surface area contributed by atoms with Gasteiger partial charge in [0.15, 0.2) is 5.82 Å². The summed E-state index contributed by atoms with van der Waals surface area (Å²) in [6.45, 7) is 11.3. The molecule has 1 aromatic carbocycles. The first-order valence-corrected chi connectivity index (χ1v) is 10.8. The lowest BCUT2D eigenvalue weighted by atomic mass is 9.98. The smallest absolute Gasteiger partial charge is 0.412 e. The molecule has 0 aliphatic carbocycles. The summed E-state index contributed by atoms with van der Waals surface area (Å²) >= 11 is 7.40. The lowest BCUT2D eigenvalue weighted by molar-refractivity contribution is 0.0635. The SMILES string of the molecule is CC(C)(C)OC(=O)Nc1cccc(-c2nc(C(C)(C)C)sc2-c2ccnc(Cl)n2)c1F. The Balaban J connectivity index is 2.10. The molecule has 0 saturated heterocycles. The molecule has 0 unspecified atom stereocenters.